The van der Waals surface area contributed by atoms with Crippen molar-refractivity contribution >= 4 is 44.3 Å². The summed E-state index contributed by atoms with van der Waals surface area (Å²) in [5.41, 5.74) is 1.75. The molecule has 36 heavy (non-hydrogen) atoms. The third-order valence-electron chi connectivity index (χ3n) is 5.52. The van der Waals surface area contributed by atoms with Gasteiger partial charge in [-0.3, -0.25) is 14.9 Å². The van der Waals surface area contributed by atoms with Crippen molar-refractivity contribution in [3.8, 4) is 17.6 Å². The van der Waals surface area contributed by atoms with Gasteiger partial charge >= 0.3 is 0 Å². The molecule has 184 valence electrons. The topological polar surface area (TPSA) is 89.5 Å². The molecule has 1 atom stereocenters. The molecule has 0 radical (unpaired) electrons. The first-order valence-corrected chi connectivity index (χ1v) is 13.8. The molecule has 1 heterocycles. The molecule has 2 amide bonds. The van der Waals surface area contributed by atoms with Crippen LogP contribution in [0.25, 0.3) is 0 Å². The minimum Gasteiger partial charge on any atom is -0.489 e. The van der Waals surface area contributed by atoms with E-state index in [1.807, 2.05) is 30.3 Å². The minimum atomic E-state index is -4.20. The number of unbranched alkanes of at least 4 members (excludes halogenated alkanes) is 1. The number of amides is 2. The van der Waals surface area contributed by atoms with Crippen LogP contribution in [0.15, 0.2) is 83.8 Å². The molecular weight excluding hydrogens is 518 g/mol. The van der Waals surface area contributed by atoms with Gasteiger partial charge in [-0.05, 0) is 78.7 Å². The van der Waals surface area contributed by atoms with Crippen LogP contribution in [0.3, 0.4) is 0 Å². The van der Waals surface area contributed by atoms with Crippen LogP contribution >= 0.6 is 23.4 Å². The largest absolute Gasteiger partial charge is 0.489 e. The number of carbonyl (C=O) groups is 2. The number of carbonyl (C=O) groups excluding carboxylic acids is 2. The van der Waals surface area contributed by atoms with Gasteiger partial charge in [0.15, 0.2) is 0 Å². The second kappa shape index (κ2) is 11.2. The molecule has 1 aliphatic rings. The van der Waals surface area contributed by atoms with Gasteiger partial charge in [0, 0.05) is 17.0 Å². The maximum atomic E-state index is 13.6. The van der Waals surface area contributed by atoms with Gasteiger partial charge in [0.1, 0.15) is 12.4 Å². The molecule has 3 aromatic rings. The van der Waals surface area contributed by atoms with E-state index in [0.717, 1.165) is 11.1 Å². The fourth-order valence-electron chi connectivity index (χ4n) is 3.64. The van der Waals surface area contributed by atoms with E-state index in [9.17, 15) is 18.0 Å². The van der Waals surface area contributed by atoms with Gasteiger partial charge in [-0.1, -0.05) is 53.8 Å². The third-order valence-corrected chi connectivity index (χ3v) is 9.84. The van der Waals surface area contributed by atoms with E-state index in [-0.39, 0.29) is 11.3 Å². The van der Waals surface area contributed by atoms with Gasteiger partial charge in [-0.2, -0.15) is 0 Å². The second-order valence-corrected chi connectivity index (χ2v) is 12.1. The van der Waals surface area contributed by atoms with Crippen LogP contribution in [-0.4, -0.2) is 23.6 Å². The summed E-state index contributed by atoms with van der Waals surface area (Å²) in [4.78, 5) is 24.7. The van der Waals surface area contributed by atoms with E-state index in [1.165, 1.54) is 12.1 Å². The normalized spacial score (nSPS) is 17.2. The first kappa shape index (κ1) is 25.8. The monoisotopic (exact) mass is 539 g/mol. The molecule has 1 N–H and O–H groups in total. The average Bonchev–Trinajstić information content (AvgIpc) is 3.18. The predicted molar refractivity (Wildman–Crippen MR) is 140 cm³/mol. The maximum absolute atomic E-state index is 13.6. The van der Waals surface area contributed by atoms with E-state index < -0.39 is 25.1 Å². The molecular formula is C27H22ClNO5S2. The highest BCUT2D eigenvalue weighted by Crippen LogP contribution is 2.44. The van der Waals surface area contributed by atoms with E-state index in [0.29, 0.717) is 42.0 Å². The summed E-state index contributed by atoms with van der Waals surface area (Å²) >= 11 is 6.38. The van der Waals surface area contributed by atoms with Crippen LogP contribution < -0.4 is 10.1 Å². The van der Waals surface area contributed by atoms with E-state index in [4.69, 9.17) is 16.3 Å². The lowest BCUT2D eigenvalue weighted by atomic mass is 10.1. The van der Waals surface area contributed by atoms with Gasteiger partial charge < -0.3 is 4.74 Å². The Morgan fingerprint density at radius 1 is 0.944 bits per heavy atom. The van der Waals surface area contributed by atoms with Crippen molar-refractivity contribution in [3.05, 3.63) is 95.0 Å². The molecule has 0 aromatic heterocycles. The third kappa shape index (κ3) is 5.76. The molecule has 0 spiro atoms. The van der Waals surface area contributed by atoms with Gasteiger partial charge in [0.05, 0.1) is 4.90 Å². The molecule has 6 nitrogen and oxygen atoms in total. The fourth-order valence-corrected chi connectivity index (χ4v) is 7.14. The van der Waals surface area contributed by atoms with Crippen molar-refractivity contribution in [3.63, 3.8) is 0 Å². The van der Waals surface area contributed by atoms with Crippen molar-refractivity contribution in [2.24, 2.45) is 0 Å². The highest BCUT2D eigenvalue weighted by atomic mass is 35.5. The smallest absolute Gasteiger partial charge is 0.287 e. The maximum Gasteiger partial charge on any atom is 0.287 e. The molecule has 1 saturated heterocycles. The summed E-state index contributed by atoms with van der Waals surface area (Å²) in [6.07, 6.45) is 0.610. The zero-order valence-corrected chi connectivity index (χ0v) is 21.5. The summed E-state index contributed by atoms with van der Waals surface area (Å²) in [6, 6.07) is 22.5. The lowest BCUT2D eigenvalue weighted by Crippen LogP contribution is -2.43. The molecule has 3 aromatic carbocycles. The summed E-state index contributed by atoms with van der Waals surface area (Å²) in [7, 11) is -4.20. The Labute approximate surface area is 219 Å². The lowest BCUT2D eigenvalue weighted by Gasteiger charge is -2.24. The summed E-state index contributed by atoms with van der Waals surface area (Å²) in [5, 5.41) is 2.07. The van der Waals surface area contributed by atoms with E-state index >= 15 is 0 Å². The number of nitrogens with one attached hydrogen (secondary N) is 1. The average molecular weight is 540 g/mol. The van der Waals surface area contributed by atoms with Crippen LogP contribution in [0.1, 0.15) is 30.4 Å². The van der Waals surface area contributed by atoms with Crippen molar-refractivity contribution in [2.75, 3.05) is 0 Å². The van der Waals surface area contributed by atoms with Gasteiger partial charge in [0.2, 0.25) is 13.9 Å². The first-order valence-electron chi connectivity index (χ1n) is 11.1. The second-order valence-electron chi connectivity index (χ2n) is 8.01. The van der Waals surface area contributed by atoms with Crippen molar-refractivity contribution < 1.29 is 22.7 Å². The number of halogens is 1. The molecule has 9 heteroatoms. The molecule has 1 aliphatic heterocycles. The number of hydrogen-bond acceptors (Lipinski definition) is 6. The molecule has 0 bridgehead atoms. The van der Waals surface area contributed by atoms with Crippen LogP contribution in [-0.2, 0) is 21.2 Å². The van der Waals surface area contributed by atoms with Gasteiger partial charge in [-0.15, -0.1) is 0 Å². The van der Waals surface area contributed by atoms with Gasteiger partial charge in [0.25, 0.3) is 11.1 Å². The standard InChI is InChI=1S/C27H22ClNO5S2/c28-22-12-10-20(11-13-22)7-5-2-6-18-27(25(30)29-26(31)35-27)36(32,33)24-16-14-23(15-17-24)34-19-21-8-3-1-4-9-21/h1,3-4,8-17H,2,6,18-19H2,(H,29,30,31). The first-order chi connectivity index (χ1) is 17.3. The highest BCUT2D eigenvalue weighted by molar-refractivity contribution is 8.25. The number of ether oxygens (including phenoxy) is 1. The SMILES string of the molecule is O=C1NC(=O)C(CCCC#Cc2ccc(Cl)cc2)(S(=O)(=O)c2ccc(OCc3ccccc3)cc2)S1. The molecule has 1 fully saturated rings. The fraction of sp³-hybridized carbons (Fsp3) is 0.185. The van der Waals surface area contributed by atoms with Crippen LogP contribution in [0, 0.1) is 11.8 Å². The summed E-state index contributed by atoms with van der Waals surface area (Å²) in [6.45, 7) is 0.334. The van der Waals surface area contributed by atoms with Gasteiger partial charge in [-0.25, -0.2) is 8.42 Å². The molecule has 1 unspecified atom stereocenters. The minimum absolute atomic E-state index is 0.0563. The zero-order valence-electron chi connectivity index (χ0n) is 19.1. The Kier molecular flexibility index (Phi) is 8.04. The van der Waals surface area contributed by atoms with E-state index in [2.05, 4.69) is 17.2 Å². The van der Waals surface area contributed by atoms with Crippen LogP contribution in [0.2, 0.25) is 5.02 Å². The Morgan fingerprint density at radius 3 is 2.28 bits per heavy atom. The number of hydrogen-bond donors (Lipinski definition) is 1. The Morgan fingerprint density at radius 2 is 1.64 bits per heavy atom. The van der Waals surface area contributed by atoms with Crippen LogP contribution in [0.5, 0.6) is 5.75 Å². The number of thioether (sulfide) groups is 1. The van der Waals surface area contributed by atoms with E-state index in [1.54, 1.807) is 36.4 Å². The van der Waals surface area contributed by atoms with Crippen molar-refractivity contribution in [1.29, 1.82) is 0 Å². The van der Waals surface area contributed by atoms with Crippen molar-refractivity contribution in [2.45, 2.75) is 34.8 Å². The Balaban J connectivity index is 1.47. The van der Waals surface area contributed by atoms with Crippen molar-refractivity contribution in [1.82, 2.24) is 5.32 Å². The number of imide groups is 1. The number of sulfone groups is 1. The summed E-state index contributed by atoms with van der Waals surface area (Å²) < 4.78 is 31.0. The quantitative estimate of drug-likeness (QED) is 0.296. The Bertz CT molecular complexity index is 1410. The summed E-state index contributed by atoms with van der Waals surface area (Å²) in [5.74, 6) is 5.63. The lowest BCUT2D eigenvalue weighted by molar-refractivity contribution is -0.120. The zero-order chi connectivity index (χ0) is 25.6. The van der Waals surface area contributed by atoms with Crippen LogP contribution in [0.4, 0.5) is 4.79 Å². The highest BCUT2D eigenvalue weighted by Gasteiger charge is 2.57. The molecule has 4 rings (SSSR count). The number of rotatable bonds is 8. The molecule has 0 aliphatic carbocycles. The molecule has 0 saturated carbocycles. The Hall–Kier alpha value is -3.25. The predicted octanol–water partition coefficient (Wildman–Crippen LogP) is 5.59. The number of benzene rings is 3.